The number of imidazole rings is 1. The molecule has 0 bridgehead atoms. The van der Waals surface area contributed by atoms with Gasteiger partial charge in [-0.25, -0.2) is 4.98 Å². The van der Waals surface area contributed by atoms with Crippen molar-refractivity contribution >= 4 is 23.3 Å². The third-order valence-corrected chi connectivity index (χ3v) is 2.69. The van der Waals surface area contributed by atoms with Crippen LogP contribution in [0.5, 0.6) is 0 Å². The molecule has 0 aliphatic rings. The predicted molar refractivity (Wildman–Crippen MR) is 76.2 cm³/mol. The Morgan fingerprint density at radius 1 is 1.53 bits per heavy atom. The summed E-state index contributed by atoms with van der Waals surface area (Å²) in [5.41, 5.74) is 1.08. The molecule has 1 aromatic carbocycles. The van der Waals surface area contributed by atoms with Gasteiger partial charge in [0, 0.05) is 17.8 Å². The molecule has 0 unspecified atom stereocenters. The van der Waals surface area contributed by atoms with E-state index < -0.39 is 0 Å². The number of carbonyl (C=O) groups excluding carboxylic acids is 1. The van der Waals surface area contributed by atoms with Crippen molar-refractivity contribution in [3.05, 3.63) is 59.5 Å². The largest absolute Gasteiger partial charge is 0.331 e. The zero-order chi connectivity index (χ0) is 13.7. The van der Waals surface area contributed by atoms with Crippen LogP contribution in [0, 0.1) is 0 Å². The second kappa shape index (κ2) is 6.20. The van der Waals surface area contributed by atoms with Crippen LogP contribution in [0.25, 0.3) is 0 Å². The van der Waals surface area contributed by atoms with E-state index in [1.807, 2.05) is 28.8 Å². The molecule has 1 heterocycles. The third kappa shape index (κ3) is 3.96. The van der Waals surface area contributed by atoms with Gasteiger partial charge in [-0.1, -0.05) is 29.8 Å². The van der Waals surface area contributed by atoms with Crippen molar-refractivity contribution in [2.24, 2.45) is 0 Å². The molecular formula is C14H14ClN3O. The van der Waals surface area contributed by atoms with Gasteiger partial charge in [-0.3, -0.25) is 4.79 Å². The minimum absolute atomic E-state index is 0.185. The number of hydrogen-bond donors (Lipinski definition) is 1. The third-order valence-electron chi connectivity index (χ3n) is 2.46. The average molecular weight is 276 g/mol. The smallest absolute Gasteiger partial charge is 0.249 e. The maximum absolute atomic E-state index is 11.4. The lowest BCUT2D eigenvalue weighted by Crippen LogP contribution is -2.07. The number of halogens is 1. The monoisotopic (exact) mass is 275 g/mol. The summed E-state index contributed by atoms with van der Waals surface area (Å²) < 4.78 is 1.89. The summed E-state index contributed by atoms with van der Waals surface area (Å²) in [6.45, 7) is 2.45. The Morgan fingerprint density at radius 3 is 3.11 bits per heavy atom. The maximum atomic E-state index is 11.4. The normalized spacial score (nSPS) is 10.8. The topological polar surface area (TPSA) is 46.9 Å². The molecule has 0 aliphatic heterocycles. The Kier molecular flexibility index (Phi) is 4.36. The molecule has 0 radical (unpaired) electrons. The standard InChI is InChI=1S/C14H14ClN3O/c1-2-4-14(19)17-13-9-18(10-16-13)8-11-5-3-6-12(15)7-11/h2-7,9-10H,8H2,1H3,(H,17,19)/b4-2+. The van der Waals surface area contributed by atoms with E-state index in [1.54, 1.807) is 25.5 Å². The highest BCUT2D eigenvalue weighted by Crippen LogP contribution is 2.12. The molecule has 0 spiro atoms. The Balaban J connectivity index is 2.03. The molecule has 5 heteroatoms. The van der Waals surface area contributed by atoms with Gasteiger partial charge in [0.15, 0.2) is 5.82 Å². The highest BCUT2D eigenvalue weighted by Gasteiger charge is 2.02. The number of hydrogen-bond acceptors (Lipinski definition) is 2. The summed E-state index contributed by atoms with van der Waals surface area (Å²) >= 11 is 5.93. The van der Waals surface area contributed by atoms with Crippen LogP contribution in [0.2, 0.25) is 5.02 Å². The molecule has 1 N–H and O–H groups in total. The van der Waals surface area contributed by atoms with Gasteiger partial charge in [0.2, 0.25) is 5.91 Å². The SMILES string of the molecule is C/C=C/C(=O)Nc1cn(Cc2cccc(Cl)c2)cn1. The van der Waals surface area contributed by atoms with Gasteiger partial charge in [0.05, 0.1) is 6.33 Å². The van der Waals surface area contributed by atoms with E-state index in [4.69, 9.17) is 11.6 Å². The first kappa shape index (κ1) is 13.4. The van der Waals surface area contributed by atoms with Crippen molar-refractivity contribution in [2.75, 3.05) is 5.32 Å². The number of benzene rings is 1. The molecule has 0 fully saturated rings. The number of rotatable bonds is 4. The molecule has 1 amide bonds. The Morgan fingerprint density at radius 2 is 2.37 bits per heavy atom. The summed E-state index contributed by atoms with van der Waals surface area (Å²) in [5, 5.41) is 3.38. The quantitative estimate of drug-likeness (QED) is 0.872. The maximum Gasteiger partial charge on any atom is 0.249 e. The minimum atomic E-state index is -0.185. The fraction of sp³-hybridized carbons (Fsp3) is 0.143. The molecule has 0 atom stereocenters. The highest BCUT2D eigenvalue weighted by atomic mass is 35.5. The fourth-order valence-corrected chi connectivity index (χ4v) is 1.89. The number of allylic oxidation sites excluding steroid dienone is 1. The summed E-state index contributed by atoms with van der Waals surface area (Å²) in [4.78, 5) is 15.5. The minimum Gasteiger partial charge on any atom is -0.331 e. The van der Waals surface area contributed by atoms with E-state index in [0.717, 1.165) is 5.56 Å². The zero-order valence-electron chi connectivity index (χ0n) is 10.5. The number of amides is 1. The van der Waals surface area contributed by atoms with E-state index in [0.29, 0.717) is 17.4 Å². The number of anilines is 1. The van der Waals surface area contributed by atoms with Gasteiger partial charge in [0.1, 0.15) is 0 Å². The molecule has 98 valence electrons. The van der Waals surface area contributed by atoms with Crippen molar-refractivity contribution < 1.29 is 4.79 Å². The van der Waals surface area contributed by atoms with E-state index in [9.17, 15) is 4.79 Å². The summed E-state index contributed by atoms with van der Waals surface area (Å²) in [5.74, 6) is 0.348. The Bertz CT molecular complexity index is 604. The van der Waals surface area contributed by atoms with Crippen LogP contribution >= 0.6 is 11.6 Å². The van der Waals surface area contributed by atoms with Crippen molar-refractivity contribution in [3.8, 4) is 0 Å². The van der Waals surface area contributed by atoms with Crippen LogP contribution in [0.15, 0.2) is 48.9 Å². The van der Waals surface area contributed by atoms with E-state index in [2.05, 4.69) is 10.3 Å². The van der Waals surface area contributed by atoms with Crippen LogP contribution in [0.3, 0.4) is 0 Å². The van der Waals surface area contributed by atoms with Crippen molar-refractivity contribution in [2.45, 2.75) is 13.5 Å². The number of nitrogens with zero attached hydrogens (tertiary/aromatic N) is 2. The molecule has 0 saturated carbocycles. The van der Waals surface area contributed by atoms with E-state index in [1.165, 1.54) is 6.08 Å². The first-order valence-corrected chi connectivity index (χ1v) is 6.25. The number of carbonyl (C=O) groups is 1. The van der Waals surface area contributed by atoms with Gasteiger partial charge in [-0.05, 0) is 30.7 Å². The van der Waals surface area contributed by atoms with Crippen LogP contribution in [-0.4, -0.2) is 15.5 Å². The van der Waals surface area contributed by atoms with E-state index >= 15 is 0 Å². The van der Waals surface area contributed by atoms with Crippen LogP contribution < -0.4 is 5.32 Å². The average Bonchev–Trinajstić information content (AvgIpc) is 2.76. The Labute approximate surface area is 116 Å². The predicted octanol–water partition coefficient (Wildman–Crippen LogP) is 3.10. The first-order valence-electron chi connectivity index (χ1n) is 5.87. The summed E-state index contributed by atoms with van der Waals surface area (Å²) in [6.07, 6.45) is 6.59. The zero-order valence-corrected chi connectivity index (χ0v) is 11.3. The number of nitrogens with one attached hydrogen (secondary N) is 1. The summed E-state index contributed by atoms with van der Waals surface area (Å²) in [6, 6.07) is 7.63. The Hall–Kier alpha value is -2.07. The second-order valence-electron chi connectivity index (χ2n) is 4.05. The van der Waals surface area contributed by atoms with Crippen LogP contribution in [0.1, 0.15) is 12.5 Å². The van der Waals surface area contributed by atoms with Gasteiger partial charge in [0.25, 0.3) is 0 Å². The lowest BCUT2D eigenvalue weighted by atomic mass is 10.2. The first-order chi connectivity index (χ1) is 9.17. The molecule has 2 rings (SSSR count). The van der Waals surface area contributed by atoms with Crippen molar-refractivity contribution in [1.82, 2.24) is 9.55 Å². The van der Waals surface area contributed by atoms with Gasteiger partial charge in [-0.2, -0.15) is 0 Å². The van der Waals surface area contributed by atoms with E-state index in [-0.39, 0.29) is 5.91 Å². The molecule has 0 saturated heterocycles. The number of aromatic nitrogens is 2. The second-order valence-corrected chi connectivity index (χ2v) is 4.49. The lowest BCUT2D eigenvalue weighted by molar-refractivity contribution is -0.111. The molecule has 2 aromatic rings. The fourth-order valence-electron chi connectivity index (χ4n) is 1.68. The summed E-state index contributed by atoms with van der Waals surface area (Å²) in [7, 11) is 0. The molecule has 19 heavy (non-hydrogen) atoms. The molecule has 0 aliphatic carbocycles. The van der Waals surface area contributed by atoms with Crippen LogP contribution in [-0.2, 0) is 11.3 Å². The lowest BCUT2D eigenvalue weighted by Gasteiger charge is -2.02. The highest BCUT2D eigenvalue weighted by molar-refractivity contribution is 6.30. The van der Waals surface area contributed by atoms with Crippen LogP contribution in [0.4, 0.5) is 5.82 Å². The van der Waals surface area contributed by atoms with Gasteiger partial charge >= 0.3 is 0 Å². The van der Waals surface area contributed by atoms with Crippen molar-refractivity contribution in [3.63, 3.8) is 0 Å². The molecule has 4 nitrogen and oxygen atoms in total. The van der Waals surface area contributed by atoms with Crippen molar-refractivity contribution in [1.29, 1.82) is 0 Å². The molecule has 1 aromatic heterocycles. The molecular weight excluding hydrogens is 262 g/mol. The van der Waals surface area contributed by atoms with Gasteiger partial charge in [-0.15, -0.1) is 0 Å². The van der Waals surface area contributed by atoms with Gasteiger partial charge < -0.3 is 9.88 Å².